The Kier molecular flexibility index (Phi) is 3.76. The first-order valence-electron chi connectivity index (χ1n) is 4.82. The topological polar surface area (TPSA) is 97.7 Å². The molecule has 0 unspecified atom stereocenters. The third kappa shape index (κ3) is 2.65. The van der Waals surface area contributed by atoms with E-state index >= 15 is 0 Å². The Labute approximate surface area is 91.6 Å². The van der Waals surface area contributed by atoms with Crippen LogP contribution in [0.2, 0.25) is 0 Å². The minimum atomic E-state index is -1.14. The lowest BCUT2D eigenvalue weighted by Gasteiger charge is -2.16. The number of ketones is 1. The van der Waals surface area contributed by atoms with Crippen molar-refractivity contribution in [2.75, 3.05) is 0 Å². The zero-order valence-corrected chi connectivity index (χ0v) is 8.71. The Morgan fingerprint density at radius 1 is 1.56 bits per heavy atom. The molecule has 0 radical (unpaired) electrons. The van der Waals surface area contributed by atoms with Crippen molar-refractivity contribution in [3.05, 3.63) is 0 Å². The molecule has 0 aromatic heterocycles. The number of hydrogen-bond acceptors (Lipinski definition) is 5. The van der Waals surface area contributed by atoms with Gasteiger partial charge in [-0.1, -0.05) is 0 Å². The van der Waals surface area contributed by atoms with E-state index in [2.05, 4.69) is 0 Å². The van der Waals surface area contributed by atoms with E-state index in [4.69, 9.17) is 9.84 Å². The summed E-state index contributed by atoms with van der Waals surface area (Å²) in [5.41, 5.74) is 0. The third-order valence-corrected chi connectivity index (χ3v) is 2.58. The molecule has 6 nitrogen and oxygen atoms in total. The highest BCUT2D eigenvalue weighted by Gasteiger charge is 2.45. The van der Waals surface area contributed by atoms with Crippen molar-refractivity contribution < 1.29 is 29.0 Å². The summed E-state index contributed by atoms with van der Waals surface area (Å²) in [7, 11) is 0. The predicted molar refractivity (Wildman–Crippen MR) is 50.5 cm³/mol. The molecule has 0 aliphatic heterocycles. The quantitative estimate of drug-likeness (QED) is 0.528. The molecule has 16 heavy (non-hydrogen) atoms. The van der Waals surface area contributed by atoms with E-state index in [0.29, 0.717) is 6.29 Å². The normalized spacial score (nSPS) is 28.8. The second kappa shape index (κ2) is 4.87. The summed E-state index contributed by atoms with van der Waals surface area (Å²) >= 11 is 0. The summed E-state index contributed by atoms with van der Waals surface area (Å²) in [5, 5.41) is 8.60. The van der Waals surface area contributed by atoms with Crippen LogP contribution in [0.15, 0.2) is 0 Å². The van der Waals surface area contributed by atoms with Gasteiger partial charge in [-0.15, -0.1) is 0 Å². The second-order valence-corrected chi connectivity index (χ2v) is 3.74. The predicted octanol–water partition coefficient (Wildman–Crippen LogP) is -0.203. The molecule has 1 saturated carbocycles. The number of carboxylic acids is 1. The zero-order chi connectivity index (χ0) is 12.3. The highest BCUT2D eigenvalue weighted by atomic mass is 16.5. The summed E-state index contributed by atoms with van der Waals surface area (Å²) in [6.45, 7) is 1.18. The van der Waals surface area contributed by atoms with E-state index in [1.54, 1.807) is 0 Å². The molecule has 1 N–H and O–H groups in total. The van der Waals surface area contributed by atoms with Gasteiger partial charge in [-0.25, -0.2) is 0 Å². The van der Waals surface area contributed by atoms with Gasteiger partial charge < -0.3 is 14.6 Å². The maximum Gasteiger partial charge on any atom is 0.304 e. The van der Waals surface area contributed by atoms with Crippen molar-refractivity contribution in [1.82, 2.24) is 0 Å². The molecule has 3 atom stereocenters. The van der Waals surface area contributed by atoms with Crippen molar-refractivity contribution in [3.63, 3.8) is 0 Å². The van der Waals surface area contributed by atoms with Crippen molar-refractivity contribution in [2.45, 2.75) is 25.9 Å². The first-order valence-corrected chi connectivity index (χ1v) is 4.82. The average Bonchev–Trinajstić information content (AvgIpc) is 2.41. The Hall–Kier alpha value is -1.72. The number of ether oxygens (including phenoxy) is 1. The van der Waals surface area contributed by atoms with E-state index in [1.807, 2.05) is 0 Å². The number of esters is 1. The van der Waals surface area contributed by atoms with Crippen LogP contribution in [0, 0.1) is 11.8 Å². The summed E-state index contributed by atoms with van der Waals surface area (Å²) in [5.74, 6) is -3.79. The molecule has 88 valence electrons. The Morgan fingerprint density at radius 2 is 2.19 bits per heavy atom. The molecular formula is C10H12O6. The maximum atomic E-state index is 11.5. The van der Waals surface area contributed by atoms with Crippen LogP contribution >= 0.6 is 0 Å². The van der Waals surface area contributed by atoms with Gasteiger partial charge in [0.2, 0.25) is 0 Å². The molecule has 6 heteroatoms. The number of carbonyl (C=O) groups excluding carboxylic acids is 3. The second-order valence-electron chi connectivity index (χ2n) is 3.74. The van der Waals surface area contributed by atoms with Gasteiger partial charge >= 0.3 is 11.9 Å². The zero-order valence-electron chi connectivity index (χ0n) is 8.71. The average molecular weight is 228 g/mol. The third-order valence-electron chi connectivity index (χ3n) is 2.58. The molecule has 0 aromatic carbocycles. The van der Waals surface area contributed by atoms with Gasteiger partial charge in [0.1, 0.15) is 18.2 Å². The number of carbonyl (C=O) groups is 4. The van der Waals surface area contributed by atoms with E-state index in [-0.39, 0.29) is 12.2 Å². The molecule has 1 aliphatic rings. The summed E-state index contributed by atoms with van der Waals surface area (Å²) in [6.07, 6.45) is -0.806. The summed E-state index contributed by atoms with van der Waals surface area (Å²) in [4.78, 5) is 43.5. The van der Waals surface area contributed by atoms with Crippen molar-refractivity contribution in [3.8, 4) is 0 Å². The van der Waals surface area contributed by atoms with E-state index in [1.165, 1.54) is 6.92 Å². The number of Topliss-reactive ketones (excluding diaryl/α,β-unsaturated/α-hetero) is 1. The van der Waals surface area contributed by atoms with Crippen molar-refractivity contribution in [2.24, 2.45) is 11.8 Å². The number of hydrogen-bond donors (Lipinski definition) is 1. The first kappa shape index (κ1) is 12.4. The number of carboxylic acid groups (broad SMARTS) is 1. The molecule has 1 rings (SSSR count). The van der Waals surface area contributed by atoms with Gasteiger partial charge in [0.25, 0.3) is 0 Å². The highest BCUT2D eigenvalue weighted by molar-refractivity contribution is 5.91. The fourth-order valence-corrected chi connectivity index (χ4v) is 1.91. The number of rotatable bonds is 4. The lowest BCUT2D eigenvalue weighted by Crippen LogP contribution is -2.27. The molecule has 0 amide bonds. The van der Waals surface area contributed by atoms with Crippen LogP contribution in [-0.4, -0.2) is 35.2 Å². The Balaban J connectivity index is 2.78. The van der Waals surface area contributed by atoms with Crippen LogP contribution < -0.4 is 0 Å². The van der Waals surface area contributed by atoms with Crippen LogP contribution in [0.5, 0.6) is 0 Å². The largest absolute Gasteiger partial charge is 0.481 e. The number of aliphatic carboxylic acids is 1. The number of aldehydes is 1. The lowest BCUT2D eigenvalue weighted by molar-refractivity contribution is -0.149. The summed E-state index contributed by atoms with van der Waals surface area (Å²) < 4.78 is 4.81. The van der Waals surface area contributed by atoms with Crippen LogP contribution in [0.25, 0.3) is 0 Å². The van der Waals surface area contributed by atoms with Crippen molar-refractivity contribution >= 4 is 24.0 Å². The lowest BCUT2D eigenvalue weighted by atomic mass is 9.92. The fourth-order valence-electron chi connectivity index (χ4n) is 1.91. The molecule has 0 bridgehead atoms. The standard InChI is InChI=1S/C10H12O6/c1-5(12)16-9-3-8(13)6(2-10(14)15)7(9)4-11/h4,6-7,9H,2-3H2,1H3,(H,14,15)/t6-,7-,9-/m0/s1. The minimum absolute atomic E-state index is 0.0824. The van der Waals surface area contributed by atoms with Gasteiger partial charge in [0, 0.05) is 19.3 Å². The molecule has 0 saturated heterocycles. The fraction of sp³-hybridized carbons (Fsp3) is 0.600. The first-order chi connectivity index (χ1) is 7.45. The SMILES string of the molecule is CC(=O)O[C@H]1CC(=O)[C@@H](CC(=O)O)[C@@H]1C=O. The minimum Gasteiger partial charge on any atom is -0.481 e. The van der Waals surface area contributed by atoms with Crippen LogP contribution in [0.3, 0.4) is 0 Å². The van der Waals surface area contributed by atoms with Crippen LogP contribution in [-0.2, 0) is 23.9 Å². The van der Waals surface area contributed by atoms with Gasteiger partial charge in [0.05, 0.1) is 12.3 Å². The van der Waals surface area contributed by atoms with Gasteiger partial charge in [-0.2, -0.15) is 0 Å². The van der Waals surface area contributed by atoms with Gasteiger partial charge in [-0.05, 0) is 0 Å². The molecule has 0 spiro atoms. The van der Waals surface area contributed by atoms with Gasteiger partial charge in [-0.3, -0.25) is 14.4 Å². The van der Waals surface area contributed by atoms with E-state index < -0.39 is 36.3 Å². The maximum absolute atomic E-state index is 11.5. The smallest absolute Gasteiger partial charge is 0.304 e. The molecular weight excluding hydrogens is 216 g/mol. The Bertz CT molecular complexity index is 334. The van der Waals surface area contributed by atoms with Crippen LogP contribution in [0.1, 0.15) is 19.8 Å². The van der Waals surface area contributed by atoms with Crippen molar-refractivity contribution in [1.29, 1.82) is 0 Å². The van der Waals surface area contributed by atoms with Gasteiger partial charge in [0.15, 0.2) is 0 Å². The molecule has 1 aliphatic carbocycles. The summed E-state index contributed by atoms with van der Waals surface area (Å²) in [6, 6.07) is 0. The van der Waals surface area contributed by atoms with E-state index in [0.717, 1.165) is 0 Å². The molecule has 1 fully saturated rings. The van der Waals surface area contributed by atoms with Crippen LogP contribution in [0.4, 0.5) is 0 Å². The molecule has 0 heterocycles. The highest BCUT2D eigenvalue weighted by Crippen LogP contribution is 2.32. The molecule has 0 aromatic rings. The Morgan fingerprint density at radius 3 is 2.62 bits per heavy atom. The monoisotopic (exact) mass is 228 g/mol. The van der Waals surface area contributed by atoms with E-state index in [9.17, 15) is 19.2 Å².